The predicted octanol–water partition coefficient (Wildman–Crippen LogP) is 4.42. The van der Waals surface area contributed by atoms with Crippen molar-refractivity contribution < 1.29 is 14.0 Å². The van der Waals surface area contributed by atoms with Crippen molar-refractivity contribution in [2.75, 3.05) is 5.32 Å². The average Bonchev–Trinajstić information content (AvgIpc) is 2.91. The van der Waals surface area contributed by atoms with Crippen molar-refractivity contribution >= 4 is 45.8 Å². The summed E-state index contributed by atoms with van der Waals surface area (Å²) in [6.45, 7) is 2.16. The van der Waals surface area contributed by atoms with Crippen LogP contribution in [0.5, 0.6) is 0 Å². The Morgan fingerprint density at radius 1 is 1.42 bits per heavy atom. The third kappa shape index (κ3) is 3.81. The van der Waals surface area contributed by atoms with Gasteiger partial charge in [0.15, 0.2) is 0 Å². The molecule has 0 fully saturated rings. The molecule has 0 saturated heterocycles. The van der Waals surface area contributed by atoms with Gasteiger partial charge in [0.05, 0.1) is 10.6 Å². The quantitative estimate of drug-likeness (QED) is 0.756. The van der Waals surface area contributed by atoms with Gasteiger partial charge in [-0.3, -0.25) is 9.59 Å². The number of hydrogen-bond acceptors (Lipinski definition) is 3. The lowest BCUT2D eigenvalue weighted by molar-refractivity contribution is -0.111. The first-order chi connectivity index (χ1) is 12.4. The van der Waals surface area contributed by atoms with Gasteiger partial charge in [-0.15, -0.1) is 11.3 Å². The zero-order valence-corrected chi connectivity index (χ0v) is 15.7. The number of halogens is 2. The minimum atomic E-state index is -0.548. The summed E-state index contributed by atoms with van der Waals surface area (Å²) in [5.41, 5.74) is 7.00. The molecule has 2 amide bonds. The Labute approximate surface area is 159 Å². The largest absolute Gasteiger partial charge is 0.365 e. The first kappa shape index (κ1) is 18.6. The van der Waals surface area contributed by atoms with Crippen molar-refractivity contribution in [3.63, 3.8) is 0 Å². The maximum atomic E-state index is 13.8. The second-order valence-corrected chi connectivity index (χ2v) is 7.89. The van der Waals surface area contributed by atoms with E-state index in [0.717, 1.165) is 29.7 Å². The van der Waals surface area contributed by atoms with Crippen LogP contribution in [0, 0.1) is 11.7 Å². The molecule has 0 aliphatic heterocycles. The third-order valence-corrected chi connectivity index (χ3v) is 5.90. The highest BCUT2D eigenvalue weighted by atomic mass is 35.5. The smallest absolute Gasteiger partial charge is 0.251 e. The lowest BCUT2D eigenvalue weighted by Crippen LogP contribution is -2.18. The van der Waals surface area contributed by atoms with Crippen molar-refractivity contribution in [2.24, 2.45) is 11.7 Å². The monoisotopic (exact) mass is 392 g/mol. The Balaban J connectivity index is 1.84. The Bertz CT molecular complexity index is 887. The molecule has 1 heterocycles. The fourth-order valence-electron chi connectivity index (χ4n) is 3.08. The van der Waals surface area contributed by atoms with E-state index in [4.69, 9.17) is 17.3 Å². The second kappa shape index (κ2) is 7.60. The van der Waals surface area contributed by atoms with E-state index in [9.17, 15) is 14.0 Å². The number of carbonyl (C=O) groups is 2. The summed E-state index contributed by atoms with van der Waals surface area (Å²) in [6.07, 6.45) is 5.14. The molecule has 2 aromatic rings. The van der Waals surface area contributed by atoms with Crippen molar-refractivity contribution in [3.8, 4) is 0 Å². The molecule has 7 heteroatoms. The van der Waals surface area contributed by atoms with E-state index in [1.165, 1.54) is 35.6 Å². The fraction of sp³-hybridized carbons (Fsp3) is 0.263. The predicted molar refractivity (Wildman–Crippen MR) is 103 cm³/mol. The number of nitrogens with two attached hydrogens (primary N) is 1. The number of nitrogens with one attached hydrogen (secondary N) is 1. The van der Waals surface area contributed by atoms with Crippen LogP contribution < -0.4 is 11.1 Å². The molecule has 0 bridgehead atoms. The summed E-state index contributed by atoms with van der Waals surface area (Å²) in [6, 6.07) is 4.30. The number of amides is 2. The Morgan fingerprint density at radius 3 is 2.88 bits per heavy atom. The SMILES string of the molecule is CC1CCc2c(sc(NC(=O)/C=C/c3c(F)cccc3Cl)c2C(N)=O)C1. The number of thiophene rings is 1. The number of fused-ring (bicyclic) bond motifs is 1. The summed E-state index contributed by atoms with van der Waals surface area (Å²) in [5, 5.41) is 3.36. The van der Waals surface area contributed by atoms with Crippen molar-refractivity contribution in [1.29, 1.82) is 0 Å². The van der Waals surface area contributed by atoms with E-state index in [2.05, 4.69) is 12.2 Å². The summed E-state index contributed by atoms with van der Waals surface area (Å²) in [4.78, 5) is 25.2. The molecule has 0 spiro atoms. The van der Waals surface area contributed by atoms with Crippen molar-refractivity contribution in [2.45, 2.75) is 26.2 Å². The second-order valence-electron chi connectivity index (χ2n) is 6.38. The Kier molecular flexibility index (Phi) is 5.44. The van der Waals surface area contributed by atoms with Crippen LogP contribution in [-0.4, -0.2) is 11.8 Å². The van der Waals surface area contributed by atoms with Gasteiger partial charge in [0.25, 0.3) is 5.91 Å². The Hall–Kier alpha value is -2.18. The maximum Gasteiger partial charge on any atom is 0.251 e. The fourth-order valence-corrected chi connectivity index (χ4v) is 4.73. The zero-order valence-electron chi connectivity index (χ0n) is 14.1. The molecule has 136 valence electrons. The van der Waals surface area contributed by atoms with Gasteiger partial charge >= 0.3 is 0 Å². The summed E-state index contributed by atoms with van der Waals surface area (Å²) in [7, 11) is 0. The van der Waals surface area contributed by atoms with E-state index in [0.29, 0.717) is 16.5 Å². The number of benzene rings is 1. The molecule has 1 aliphatic carbocycles. The van der Waals surface area contributed by atoms with Gasteiger partial charge in [0, 0.05) is 16.5 Å². The number of anilines is 1. The Morgan fingerprint density at radius 2 is 2.19 bits per heavy atom. The zero-order chi connectivity index (χ0) is 18.8. The van der Waals surface area contributed by atoms with E-state index in [-0.39, 0.29) is 10.6 Å². The average molecular weight is 393 g/mol. The lowest BCUT2D eigenvalue weighted by Gasteiger charge is -2.18. The third-order valence-electron chi connectivity index (χ3n) is 4.40. The molecule has 1 unspecified atom stereocenters. The van der Waals surface area contributed by atoms with Gasteiger partial charge in [-0.05, 0) is 49.0 Å². The van der Waals surface area contributed by atoms with Gasteiger partial charge in [-0.1, -0.05) is 24.6 Å². The van der Waals surface area contributed by atoms with Gasteiger partial charge < -0.3 is 11.1 Å². The summed E-state index contributed by atoms with van der Waals surface area (Å²) in [5.74, 6) is -1.000. The molecule has 0 saturated carbocycles. The van der Waals surface area contributed by atoms with Crippen LogP contribution in [0.4, 0.5) is 9.39 Å². The van der Waals surface area contributed by atoms with Crippen molar-refractivity contribution in [1.82, 2.24) is 0 Å². The van der Waals surface area contributed by atoms with E-state index in [1.54, 1.807) is 6.07 Å². The van der Waals surface area contributed by atoms with Gasteiger partial charge in [0.1, 0.15) is 10.8 Å². The van der Waals surface area contributed by atoms with E-state index < -0.39 is 17.6 Å². The van der Waals surface area contributed by atoms with E-state index >= 15 is 0 Å². The molecule has 1 atom stereocenters. The molecule has 0 radical (unpaired) electrons. The van der Waals surface area contributed by atoms with E-state index in [1.807, 2.05) is 0 Å². The summed E-state index contributed by atoms with van der Waals surface area (Å²) >= 11 is 7.32. The standard InChI is InChI=1S/C19H18ClFN2O2S/c1-10-5-6-12-15(9-10)26-19(17(12)18(22)25)23-16(24)8-7-11-13(20)3-2-4-14(11)21/h2-4,7-8,10H,5-6,9H2,1H3,(H2,22,25)(H,23,24)/b8-7+. The van der Waals surface area contributed by atoms with Crippen LogP contribution >= 0.6 is 22.9 Å². The molecule has 1 aromatic carbocycles. The number of rotatable bonds is 4. The van der Waals surface area contributed by atoms with Crippen LogP contribution in [0.3, 0.4) is 0 Å². The molecule has 1 aliphatic rings. The maximum absolute atomic E-state index is 13.8. The molecular formula is C19H18ClFN2O2S. The van der Waals surface area contributed by atoms with Crippen LogP contribution in [0.2, 0.25) is 5.02 Å². The summed E-state index contributed by atoms with van der Waals surface area (Å²) < 4.78 is 13.8. The number of hydrogen-bond donors (Lipinski definition) is 2. The van der Waals surface area contributed by atoms with Crippen LogP contribution in [0.15, 0.2) is 24.3 Å². The highest BCUT2D eigenvalue weighted by Crippen LogP contribution is 2.39. The molecular weight excluding hydrogens is 375 g/mol. The molecule has 4 nitrogen and oxygen atoms in total. The minimum Gasteiger partial charge on any atom is -0.365 e. The molecule has 26 heavy (non-hydrogen) atoms. The van der Waals surface area contributed by atoms with Crippen LogP contribution in [0.25, 0.3) is 6.08 Å². The first-order valence-electron chi connectivity index (χ1n) is 8.24. The highest BCUT2D eigenvalue weighted by Gasteiger charge is 2.26. The van der Waals surface area contributed by atoms with Crippen LogP contribution in [-0.2, 0) is 17.6 Å². The molecule has 3 N–H and O–H groups in total. The van der Waals surface area contributed by atoms with Gasteiger partial charge in [-0.2, -0.15) is 0 Å². The minimum absolute atomic E-state index is 0.138. The molecule has 3 rings (SSSR count). The van der Waals surface area contributed by atoms with Gasteiger partial charge in [-0.25, -0.2) is 4.39 Å². The first-order valence-corrected chi connectivity index (χ1v) is 9.43. The lowest BCUT2D eigenvalue weighted by atomic mass is 9.88. The van der Waals surface area contributed by atoms with Crippen molar-refractivity contribution in [3.05, 3.63) is 56.7 Å². The normalized spacial score (nSPS) is 16.5. The van der Waals surface area contributed by atoms with Crippen LogP contribution in [0.1, 0.15) is 39.7 Å². The highest BCUT2D eigenvalue weighted by molar-refractivity contribution is 7.17. The molecule has 1 aromatic heterocycles. The number of primary amides is 1. The number of carbonyl (C=O) groups excluding carboxylic acids is 2. The van der Waals surface area contributed by atoms with Gasteiger partial charge in [0.2, 0.25) is 5.91 Å². The topological polar surface area (TPSA) is 72.2 Å².